The van der Waals surface area contributed by atoms with Crippen molar-refractivity contribution >= 4 is 35.1 Å². The lowest BCUT2D eigenvalue weighted by molar-refractivity contribution is -0.145. The molecule has 1 aliphatic carbocycles. The van der Waals surface area contributed by atoms with E-state index in [4.69, 9.17) is 27.9 Å². The second-order valence-corrected chi connectivity index (χ2v) is 7.65. The lowest BCUT2D eigenvalue weighted by atomic mass is 9.84. The quantitative estimate of drug-likeness (QED) is 0.682. The summed E-state index contributed by atoms with van der Waals surface area (Å²) in [5.41, 5.74) is 0.490. The number of rotatable bonds is 5. The predicted molar refractivity (Wildman–Crippen MR) is 100 cm³/mol. The summed E-state index contributed by atoms with van der Waals surface area (Å²) in [4.78, 5) is 26.9. The van der Waals surface area contributed by atoms with Gasteiger partial charge in [0.05, 0.1) is 23.1 Å². The molecule has 1 saturated carbocycles. The molecule has 1 aromatic carbocycles. The standard InChI is InChI=1S/C19H25Cl2NO3/c1-12-6-4-5-7-17(12)22(11-13(2)19(24)25-3)18(23)14-8-9-15(20)16(21)10-14/h8-10,12-13,17H,4-7,11H2,1-3H3. The summed E-state index contributed by atoms with van der Waals surface area (Å²) < 4.78 is 4.83. The first-order valence-electron chi connectivity index (χ1n) is 8.69. The van der Waals surface area contributed by atoms with Crippen molar-refractivity contribution < 1.29 is 14.3 Å². The van der Waals surface area contributed by atoms with Crippen LogP contribution in [0.15, 0.2) is 18.2 Å². The van der Waals surface area contributed by atoms with Gasteiger partial charge >= 0.3 is 5.97 Å². The van der Waals surface area contributed by atoms with Gasteiger partial charge in [0, 0.05) is 18.2 Å². The molecule has 4 nitrogen and oxygen atoms in total. The second kappa shape index (κ2) is 8.91. The Morgan fingerprint density at radius 3 is 2.52 bits per heavy atom. The molecule has 0 spiro atoms. The van der Waals surface area contributed by atoms with Gasteiger partial charge in [0.25, 0.3) is 5.91 Å². The van der Waals surface area contributed by atoms with Gasteiger partial charge in [-0.1, -0.05) is 49.9 Å². The number of ether oxygens (including phenoxy) is 1. The summed E-state index contributed by atoms with van der Waals surface area (Å²) in [5, 5.41) is 0.768. The van der Waals surface area contributed by atoms with Crippen molar-refractivity contribution in [3.63, 3.8) is 0 Å². The zero-order valence-corrected chi connectivity index (χ0v) is 16.4. The van der Waals surface area contributed by atoms with Gasteiger partial charge in [-0.2, -0.15) is 0 Å². The molecule has 0 heterocycles. The molecule has 1 fully saturated rings. The minimum absolute atomic E-state index is 0.114. The van der Waals surface area contributed by atoms with E-state index in [0.717, 1.165) is 19.3 Å². The van der Waals surface area contributed by atoms with E-state index in [1.54, 1.807) is 25.1 Å². The van der Waals surface area contributed by atoms with Gasteiger partial charge in [0.15, 0.2) is 0 Å². The summed E-state index contributed by atoms with van der Waals surface area (Å²) in [6, 6.07) is 5.02. The Morgan fingerprint density at radius 2 is 1.92 bits per heavy atom. The molecule has 0 N–H and O–H groups in total. The Hall–Kier alpha value is -1.26. The molecule has 3 atom stereocenters. The number of amides is 1. The zero-order valence-electron chi connectivity index (χ0n) is 14.9. The van der Waals surface area contributed by atoms with E-state index in [0.29, 0.717) is 28.1 Å². The number of carbonyl (C=O) groups is 2. The van der Waals surface area contributed by atoms with E-state index in [1.807, 2.05) is 4.90 Å². The highest BCUT2D eigenvalue weighted by atomic mass is 35.5. The van der Waals surface area contributed by atoms with Crippen LogP contribution in [0, 0.1) is 11.8 Å². The summed E-state index contributed by atoms with van der Waals surface area (Å²) in [5.74, 6) is -0.417. The molecule has 2 rings (SSSR count). The van der Waals surface area contributed by atoms with Crippen molar-refractivity contribution in [3.8, 4) is 0 Å². The minimum atomic E-state index is -0.383. The number of nitrogens with zero attached hydrogens (tertiary/aromatic N) is 1. The van der Waals surface area contributed by atoms with Crippen LogP contribution in [0.2, 0.25) is 10.0 Å². The highest BCUT2D eigenvalue weighted by Gasteiger charge is 2.33. The summed E-state index contributed by atoms with van der Waals surface area (Å²) in [6.07, 6.45) is 4.30. The normalized spacial score (nSPS) is 21.5. The number of methoxy groups -OCH3 is 1. The Labute approximate surface area is 159 Å². The number of hydrogen-bond donors (Lipinski definition) is 0. The largest absolute Gasteiger partial charge is 0.469 e. The van der Waals surface area contributed by atoms with Crippen molar-refractivity contribution in [3.05, 3.63) is 33.8 Å². The van der Waals surface area contributed by atoms with Crippen LogP contribution in [0.4, 0.5) is 0 Å². The molecule has 1 aromatic rings. The van der Waals surface area contributed by atoms with Crippen LogP contribution in [0.3, 0.4) is 0 Å². The van der Waals surface area contributed by atoms with E-state index >= 15 is 0 Å². The molecule has 3 unspecified atom stereocenters. The number of halogens is 2. The van der Waals surface area contributed by atoms with E-state index in [-0.39, 0.29) is 23.8 Å². The van der Waals surface area contributed by atoms with Gasteiger partial charge in [-0.05, 0) is 37.0 Å². The maximum atomic E-state index is 13.2. The van der Waals surface area contributed by atoms with Crippen molar-refractivity contribution in [1.82, 2.24) is 4.90 Å². The number of benzene rings is 1. The average molecular weight is 386 g/mol. The van der Waals surface area contributed by atoms with E-state index in [1.165, 1.54) is 13.5 Å². The van der Waals surface area contributed by atoms with Gasteiger partial charge in [-0.25, -0.2) is 0 Å². The third kappa shape index (κ3) is 4.89. The topological polar surface area (TPSA) is 46.6 Å². The monoisotopic (exact) mass is 385 g/mol. The summed E-state index contributed by atoms with van der Waals surface area (Å²) in [6.45, 7) is 4.29. The Bertz CT molecular complexity index is 635. The first-order valence-corrected chi connectivity index (χ1v) is 9.44. The third-order valence-corrected chi connectivity index (χ3v) is 5.71. The van der Waals surface area contributed by atoms with Gasteiger partial charge in [-0.3, -0.25) is 9.59 Å². The average Bonchev–Trinajstić information content (AvgIpc) is 2.61. The molecule has 1 aliphatic rings. The van der Waals surface area contributed by atoms with E-state index < -0.39 is 0 Å². The van der Waals surface area contributed by atoms with Crippen LogP contribution in [0.25, 0.3) is 0 Å². The van der Waals surface area contributed by atoms with Crippen LogP contribution >= 0.6 is 23.2 Å². The van der Waals surface area contributed by atoms with Crippen molar-refractivity contribution in [2.24, 2.45) is 11.8 Å². The highest BCUT2D eigenvalue weighted by molar-refractivity contribution is 6.42. The maximum Gasteiger partial charge on any atom is 0.310 e. The van der Waals surface area contributed by atoms with Crippen molar-refractivity contribution in [2.75, 3.05) is 13.7 Å². The van der Waals surface area contributed by atoms with Gasteiger partial charge in [-0.15, -0.1) is 0 Å². The van der Waals surface area contributed by atoms with Crippen LogP contribution in [0.5, 0.6) is 0 Å². The van der Waals surface area contributed by atoms with Crippen LogP contribution in [-0.4, -0.2) is 36.5 Å². The Balaban J connectivity index is 2.30. The number of esters is 1. The Morgan fingerprint density at radius 1 is 1.24 bits per heavy atom. The van der Waals surface area contributed by atoms with Crippen molar-refractivity contribution in [2.45, 2.75) is 45.6 Å². The predicted octanol–water partition coefficient (Wildman–Crippen LogP) is 4.82. The molecule has 1 amide bonds. The van der Waals surface area contributed by atoms with Crippen LogP contribution in [0.1, 0.15) is 49.9 Å². The van der Waals surface area contributed by atoms with Gasteiger partial charge < -0.3 is 9.64 Å². The van der Waals surface area contributed by atoms with Crippen molar-refractivity contribution in [1.29, 1.82) is 0 Å². The van der Waals surface area contributed by atoms with Crippen LogP contribution < -0.4 is 0 Å². The van der Waals surface area contributed by atoms with Gasteiger partial charge in [0.1, 0.15) is 0 Å². The highest BCUT2D eigenvalue weighted by Crippen LogP contribution is 2.31. The molecule has 6 heteroatoms. The molecule has 0 saturated heterocycles. The molecular formula is C19H25Cl2NO3. The molecule has 0 bridgehead atoms. The maximum absolute atomic E-state index is 13.2. The lowest BCUT2D eigenvalue weighted by Crippen LogP contribution is -2.48. The SMILES string of the molecule is COC(=O)C(C)CN(C(=O)c1ccc(Cl)c(Cl)c1)C1CCCCC1C. The molecule has 0 aliphatic heterocycles. The number of carbonyl (C=O) groups excluding carboxylic acids is 2. The molecule has 0 radical (unpaired) electrons. The summed E-state index contributed by atoms with van der Waals surface area (Å²) >= 11 is 12.0. The fourth-order valence-corrected chi connectivity index (χ4v) is 3.79. The second-order valence-electron chi connectivity index (χ2n) is 6.84. The number of hydrogen-bond acceptors (Lipinski definition) is 3. The minimum Gasteiger partial charge on any atom is -0.469 e. The fourth-order valence-electron chi connectivity index (χ4n) is 3.49. The van der Waals surface area contributed by atoms with Gasteiger partial charge in [0.2, 0.25) is 0 Å². The van der Waals surface area contributed by atoms with E-state index in [9.17, 15) is 9.59 Å². The summed E-state index contributed by atoms with van der Waals surface area (Å²) in [7, 11) is 1.37. The third-order valence-electron chi connectivity index (χ3n) is 4.97. The molecule has 138 valence electrons. The molecule has 0 aromatic heterocycles. The molecular weight excluding hydrogens is 361 g/mol. The molecule has 25 heavy (non-hydrogen) atoms. The smallest absolute Gasteiger partial charge is 0.310 e. The zero-order chi connectivity index (χ0) is 18.6. The van der Waals surface area contributed by atoms with E-state index in [2.05, 4.69) is 6.92 Å². The fraction of sp³-hybridized carbons (Fsp3) is 0.579. The first-order chi connectivity index (χ1) is 11.8. The Kier molecular flexibility index (Phi) is 7.14. The van der Waals surface area contributed by atoms with Crippen LogP contribution in [-0.2, 0) is 9.53 Å². The first kappa shape index (κ1) is 20.1. The lowest BCUT2D eigenvalue weighted by Gasteiger charge is -2.39.